The number of Topliss-reactive ketones (excluding diaryl/α,β-unsaturated/α-hetero) is 1. The van der Waals surface area contributed by atoms with Gasteiger partial charge in [-0.25, -0.2) is 0 Å². The lowest BCUT2D eigenvalue weighted by Crippen LogP contribution is -2.37. The van der Waals surface area contributed by atoms with Gasteiger partial charge in [0, 0.05) is 23.7 Å². The summed E-state index contributed by atoms with van der Waals surface area (Å²) in [5, 5.41) is 3.02. The van der Waals surface area contributed by atoms with Crippen LogP contribution in [0.3, 0.4) is 0 Å². The molecular formula is C13H18N2O2. The molecule has 0 aliphatic rings. The van der Waals surface area contributed by atoms with E-state index in [1.165, 1.54) is 0 Å². The summed E-state index contributed by atoms with van der Waals surface area (Å²) in [6.45, 7) is 3.86. The van der Waals surface area contributed by atoms with E-state index in [1.807, 2.05) is 13.8 Å². The zero-order valence-corrected chi connectivity index (χ0v) is 10.1. The van der Waals surface area contributed by atoms with Crippen LogP contribution < -0.4 is 11.1 Å². The van der Waals surface area contributed by atoms with Gasteiger partial charge in [-0.1, -0.05) is 26.0 Å². The topological polar surface area (TPSA) is 72.2 Å². The maximum Gasteiger partial charge on any atom is 0.166 e. The number of rotatable bonds is 6. The van der Waals surface area contributed by atoms with Crippen molar-refractivity contribution in [3.63, 3.8) is 0 Å². The van der Waals surface area contributed by atoms with Crippen molar-refractivity contribution < 1.29 is 9.59 Å². The van der Waals surface area contributed by atoms with Crippen LogP contribution in [0.5, 0.6) is 0 Å². The maximum atomic E-state index is 11.9. The van der Waals surface area contributed by atoms with E-state index in [1.54, 1.807) is 24.3 Å². The molecule has 1 rings (SSSR count). The first-order chi connectivity index (χ1) is 8.04. The van der Waals surface area contributed by atoms with Gasteiger partial charge in [-0.05, 0) is 12.1 Å². The molecule has 0 amide bonds. The highest BCUT2D eigenvalue weighted by atomic mass is 16.1. The molecule has 3 N–H and O–H groups in total. The minimum absolute atomic E-state index is 0.117. The number of nitrogen functional groups attached to an aromatic ring is 1. The minimum Gasteiger partial charge on any atom is -0.398 e. The van der Waals surface area contributed by atoms with Crippen molar-refractivity contribution in [2.24, 2.45) is 0 Å². The Bertz CT molecular complexity index is 402. The Balaban J connectivity index is 2.71. The van der Waals surface area contributed by atoms with Crippen LogP contribution in [0.15, 0.2) is 24.3 Å². The Labute approximate surface area is 101 Å². The lowest BCUT2D eigenvalue weighted by atomic mass is 10.0. The molecule has 0 saturated heterocycles. The average molecular weight is 234 g/mol. The monoisotopic (exact) mass is 234 g/mol. The summed E-state index contributed by atoms with van der Waals surface area (Å²) in [5.41, 5.74) is 6.64. The van der Waals surface area contributed by atoms with Crippen LogP contribution in [0.1, 0.15) is 30.6 Å². The molecule has 0 aromatic heterocycles. The van der Waals surface area contributed by atoms with Crippen LogP contribution in [0.25, 0.3) is 0 Å². The smallest absolute Gasteiger partial charge is 0.166 e. The van der Waals surface area contributed by atoms with Crippen LogP contribution in [-0.2, 0) is 4.79 Å². The molecule has 1 unspecified atom stereocenters. The van der Waals surface area contributed by atoms with E-state index in [0.29, 0.717) is 11.3 Å². The summed E-state index contributed by atoms with van der Waals surface area (Å²) < 4.78 is 0. The first kappa shape index (κ1) is 13.4. The molecule has 0 aliphatic carbocycles. The zero-order chi connectivity index (χ0) is 12.8. The van der Waals surface area contributed by atoms with Crippen molar-refractivity contribution in [2.45, 2.75) is 32.4 Å². The van der Waals surface area contributed by atoms with Crippen molar-refractivity contribution in [1.29, 1.82) is 0 Å². The summed E-state index contributed by atoms with van der Waals surface area (Å²) in [5.74, 6) is -0.117. The number of hydrogen-bond acceptors (Lipinski definition) is 4. The van der Waals surface area contributed by atoms with Crippen molar-refractivity contribution in [3.8, 4) is 0 Å². The molecule has 0 spiro atoms. The molecular weight excluding hydrogens is 216 g/mol. The van der Waals surface area contributed by atoms with Gasteiger partial charge in [-0.2, -0.15) is 0 Å². The van der Waals surface area contributed by atoms with E-state index in [4.69, 9.17) is 5.73 Å². The number of para-hydroxylation sites is 1. The molecule has 1 aromatic carbocycles. The number of nitrogens with two attached hydrogens (primary N) is 1. The van der Waals surface area contributed by atoms with E-state index in [-0.39, 0.29) is 18.2 Å². The lowest BCUT2D eigenvalue weighted by molar-refractivity contribution is -0.109. The molecule has 1 aromatic rings. The number of hydrogen-bond donors (Lipinski definition) is 2. The normalized spacial score (nSPS) is 12.4. The Morgan fingerprint density at radius 3 is 2.59 bits per heavy atom. The predicted octanol–water partition coefficient (Wildman–Crippen LogP) is 1.41. The number of benzene rings is 1. The molecule has 0 bridgehead atoms. The number of nitrogens with one attached hydrogen (secondary N) is 1. The van der Waals surface area contributed by atoms with Crippen molar-refractivity contribution in [3.05, 3.63) is 29.8 Å². The average Bonchev–Trinajstić information content (AvgIpc) is 2.27. The first-order valence-corrected chi connectivity index (χ1v) is 5.63. The molecule has 0 aliphatic heterocycles. The second-order valence-electron chi connectivity index (χ2n) is 4.28. The number of anilines is 1. The highest BCUT2D eigenvalue weighted by molar-refractivity contribution is 6.02. The Morgan fingerprint density at radius 2 is 2.06 bits per heavy atom. The van der Waals surface area contributed by atoms with E-state index in [0.717, 1.165) is 6.29 Å². The zero-order valence-electron chi connectivity index (χ0n) is 10.1. The van der Waals surface area contributed by atoms with Gasteiger partial charge in [0.1, 0.15) is 6.29 Å². The van der Waals surface area contributed by atoms with E-state index in [9.17, 15) is 9.59 Å². The van der Waals surface area contributed by atoms with Crippen LogP contribution in [0, 0.1) is 0 Å². The summed E-state index contributed by atoms with van der Waals surface area (Å²) in [7, 11) is 0. The predicted molar refractivity (Wildman–Crippen MR) is 67.9 cm³/mol. The van der Waals surface area contributed by atoms with Gasteiger partial charge in [0.05, 0.1) is 6.04 Å². The summed E-state index contributed by atoms with van der Waals surface area (Å²) in [6, 6.07) is 6.59. The third-order valence-electron chi connectivity index (χ3n) is 2.38. The summed E-state index contributed by atoms with van der Waals surface area (Å²) in [4.78, 5) is 22.8. The van der Waals surface area contributed by atoms with Gasteiger partial charge in [0.2, 0.25) is 0 Å². The van der Waals surface area contributed by atoms with Crippen LogP contribution in [0.4, 0.5) is 5.69 Å². The fourth-order valence-electron chi connectivity index (χ4n) is 1.64. The molecule has 1 atom stereocenters. The third kappa shape index (κ3) is 4.00. The van der Waals surface area contributed by atoms with Crippen LogP contribution >= 0.6 is 0 Å². The fraction of sp³-hybridized carbons (Fsp3) is 0.385. The van der Waals surface area contributed by atoms with Gasteiger partial charge >= 0.3 is 0 Å². The standard InChI is InChI=1S/C13H18N2O2/c1-9(2)15-10(8-16)7-13(17)11-5-3-4-6-12(11)14/h3-6,8-10,15H,7,14H2,1-2H3. The SMILES string of the molecule is CC(C)NC(C=O)CC(=O)c1ccccc1N. The lowest BCUT2D eigenvalue weighted by Gasteiger charge is -2.15. The van der Waals surface area contributed by atoms with Crippen molar-refractivity contribution >= 4 is 17.8 Å². The highest BCUT2D eigenvalue weighted by Gasteiger charge is 2.16. The highest BCUT2D eigenvalue weighted by Crippen LogP contribution is 2.13. The second kappa shape index (κ2) is 6.15. The van der Waals surface area contributed by atoms with Crippen molar-refractivity contribution in [1.82, 2.24) is 5.32 Å². The number of aldehydes is 1. The number of carbonyl (C=O) groups is 2. The van der Waals surface area contributed by atoms with Gasteiger partial charge in [-0.15, -0.1) is 0 Å². The van der Waals surface area contributed by atoms with E-state index >= 15 is 0 Å². The molecule has 4 heteroatoms. The molecule has 0 heterocycles. The minimum atomic E-state index is -0.456. The number of carbonyl (C=O) groups excluding carboxylic acids is 2. The molecule has 17 heavy (non-hydrogen) atoms. The molecule has 92 valence electrons. The summed E-state index contributed by atoms with van der Waals surface area (Å²) in [6.07, 6.45) is 0.896. The van der Waals surface area contributed by atoms with E-state index in [2.05, 4.69) is 5.32 Å². The van der Waals surface area contributed by atoms with Gasteiger partial charge in [0.25, 0.3) is 0 Å². The van der Waals surface area contributed by atoms with Crippen LogP contribution in [-0.4, -0.2) is 24.2 Å². The first-order valence-electron chi connectivity index (χ1n) is 5.63. The Morgan fingerprint density at radius 1 is 1.41 bits per heavy atom. The second-order valence-corrected chi connectivity index (χ2v) is 4.28. The molecule has 0 saturated carbocycles. The largest absolute Gasteiger partial charge is 0.398 e. The van der Waals surface area contributed by atoms with Gasteiger partial charge in [-0.3, -0.25) is 4.79 Å². The van der Waals surface area contributed by atoms with E-state index < -0.39 is 6.04 Å². The molecule has 0 radical (unpaired) electrons. The summed E-state index contributed by atoms with van der Waals surface area (Å²) >= 11 is 0. The van der Waals surface area contributed by atoms with Gasteiger partial charge < -0.3 is 15.8 Å². The molecule has 4 nitrogen and oxygen atoms in total. The number of ketones is 1. The maximum absolute atomic E-state index is 11.9. The third-order valence-corrected chi connectivity index (χ3v) is 2.38. The Kier molecular flexibility index (Phi) is 4.84. The van der Waals surface area contributed by atoms with Gasteiger partial charge in [0.15, 0.2) is 5.78 Å². The fourth-order valence-corrected chi connectivity index (χ4v) is 1.64. The Hall–Kier alpha value is -1.68. The van der Waals surface area contributed by atoms with Crippen LogP contribution in [0.2, 0.25) is 0 Å². The van der Waals surface area contributed by atoms with Crippen molar-refractivity contribution in [2.75, 3.05) is 5.73 Å². The quantitative estimate of drug-likeness (QED) is 0.443. The molecule has 0 fully saturated rings.